The van der Waals surface area contributed by atoms with Crippen molar-refractivity contribution in [2.24, 2.45) is 0 Å². The summed E-state index contributed by atoms with van der Waals surface area (Å²) in [4.78, 5) is 10.6. The molecule has 0 spiro atoms. The van der Waals surface area contributed by atoms with Crippen molar-refractivity contribution in [3.05, 3.63) is 88.5 Å². The minimum absolute atomic E-state index is 0.120. The number of aromatic nitrogens is 1. The quantitative estimate of drug-likeness (QED) is 0.411. The Hall–Kier alpha value is -3.14. The van der Waals surface area contributed by atoms with Crippen LogP contribution in [0.25, 0.3) is 21.8 Å². The molecule has 3 aromatic carbocycles. The molecular weight excluding hydrogens is 288 g/mol. The van der Waals surface area contributed by atoms with Crippen LogP contribution in [0, 0.1) is 16.2 Å². The molecule has 0 atom stereocenters. The summed E-state index contributed by atoms with van der Waals surface area (Å²) in [5.74, 6) is 0. The first-order valence-electron chi connectivity index (χ1n) is 7.34. The van der Waals surface area contributed by atoms with Gasteiger partial charge in [0.05, 0.1) is 10.4 Å². The molecule has 1 aromatic heterocycles. The molecule has 4 nitrogen and oxygen atoms in total. The molecule has 0 saturated carbocycles. The fourth-order valence-electron chi connectivity index (χ4n) is 3.06. The Morgan fingerprint density at radius 2 is 1.83 bits per heavy atom. The second-order valence-electron chi connectivity index (χ2n) is 5.47. The molecule has 4 heteroatoms. The minimum atomic E-state index is -0.358. The molecule has 1 radical (unpaired) electrons. The summed E-state index contributed by atoms with van der Waals surface area (Å²) in [6.45, 7) is 0.587. The van der Waals surface area contributed by atoms with Gasteiger partial charge in [0, 0.05) is 35.0 Å². The lowest BCUT2D eigenvalue weighted by Crippen LogP contribution is -2.00. The van der Waals surface area contributed by atoms with Crippen LogP contribution in [0.15, 0.2) is 66.7 Å². The van der Waals surface area contributed by atoms with Gasteiger partial charge in [-0.05, 0) is 23.8 Å². The van der Waals surface area contributed by atoms with E-state index in [0.29, 0.717) is 6.54 Å². The summed E-state index contributed by atoms with van der Waals surface area (Å²) in [7, 11) is 0. The summed E-state index contributed by atoms with van der Waals surface area (Å²) in [6.07, 6.45) is 0. The average molecular weight is 301 g/mol. The van der Waals surface area contributed by atoms with E-state index >= 15 is 0 Å². The van der Waals surface area contributed by atoms with Crippen LogP contribution in [0.4, 0.5) is 5.69 Å². The maximum Gasteiger partial charge on any atom is 0.269 e. The predicted molar refractivity (Wildman–Crippen MR) is 90.5 cm³/mol. The van der Waals surface area contributed by atoms with Gasteiger partial charge in [0.1, 0.15) is 0 Å². The van der Waals surface area contributed by atoms with Gasteiger partial charge in [0.15, 0.2) is 0 Å². The summed E-state index contributed by atoms with van der Waals surface area (Å²) >= 11 is 0. The Labute approximate surface area is 132 Å². The lowest BCUT2D eigenvalue weighted by molar-refractivity contribution is -0.384. The van der Waals surface area contributed by atoms with Gasteiger partial charge in [0.2, 0.25) is 0 Å². The fraction of sp³-hybridized carbons (Fsp3) is 0.0526. The van der Waals surface area contributed by atoms with E-state index in [1.807, 2.05) is 30.3 Å². The van der Waals surface area contributed by atoms with Gasteiger partial charge in [-0.25, -0.2) is 0 Å². The lowest BCUT2D eigenvalue weighted by Gasteiger charge is -2.07. The van der Waals surface area contributed by atoms with E-state index in [2.05, 4.69) is 28.8 Å². The zero-order chi connectivity index (χ0) is 15.8. The van der Waals surface area contributed by atoms with Crippen molar-refractivity contribution in [3.63, 3.8) is 0 Å². The monoisotopic (exact) mass is 301 g/mol. The molecule has 0 aliphatic heterocycles. The predicted octanol–water partition coefficient (Wildman–Crippen LogP) is 4.55. The Kier molecular flexibility index (Phi) is 3.08. The zero-order valence-corrected chi connectivity index (χ0v) is 12.3. The van der Waals surface area contributed by atoms with Crippen molar-refractivity contribution in [2.45, 2.75) is 6.54 Å². The Morgan fingerprint density at radius 3 is 2.70 bits per heavy atom. The highest BCUT2D eigenvalue weighted by Crippen LogP contribution is 2.29. The second kappa shape index (κ2) is 5.25. The summed E-state index contributed by atoms with van der Waals surface area (Å²) in [6, 6.07) is 24.1. The Balaban J connectivity index is 1.91. The molecule has 4 aromatic rings. The molecule has 111 valence electrons. The van der Waals surface area contributed by atoms with Crippen LogP contribution < -0.4 is 0 Å². The number of benzene rings is 3. The summed E-state index contributed by atoms with van der Waals surface area (Å²) in [5.41, 5.74) is 3.23. The number of fused-ring (bicyclic) bond motifs is 3. The van der Waals surface area contributed by atoms with Crippen molar-refractivity contribution in [2.75, 3.05) is 0 Å². The standard InChI is InChI=1S/C19H13N2O2/c22-21(23)15-7-5-6-14(12-15)13-20-18-10-3-1-8-16(18)17-9-2-4-11-19(17)20/h1-3,5-12H,13H2. The number of hydrogen-bond donors (Lipinski definition) is 0. The molecule has 0 amide bonds. The maximum atomic E-state index is 11.0. The van der Waals surface area contributed by atoms with E-state index in [1.165, 1.54) is 16.8 Å². The second-order valence-corrected chi connectivity index (χ2v) is 5.47. The highest BCUT2D eigenvalue weighted by atomic mass is 16.6. The molecule has 23 heavy (non-hydrogen) atoms. The van der Waals surface area contributed by atoms with Crippen LogP contribution in [-0.4, -0.2) is 9.49 Å². The number of nitrogens with zero attached hydrogens (tertiary/aromatic N) is 2. The zero-order valence-electron chi connectivity index (χ0n) is 12.3. The Bertz CT molecular complexity index is 981. The number of non-ortho nitro benzene ring substituents is 1. The van der Waals surface area contributed by atoms with E-state index in [1.54, 1.807) is 12.1 Å². The van der Waals surface area contributed by atoms with Gasteiger partial charge < -0.3 is 4.57 Å². The third-order valence-electron chi connectivity index (χ3n) is 4.08. The SMILES string of the molecule is O=[N+]([O-])c1cccc(Cn2c3c[c]ccc3c3ccccc32)c1. The van der Waals surface area contributed by atoms with Crippen molar-refractivity contribution < 1.29 is 4.92 Å². The van der Waals surface area contributed by atoms with E-state index in [9.17, 15) is 10.1 Å². The minimum Gasteiger partial charge on any atom is -0.336 e. The number of hydrogen-bond acceptors (Lipinski definition) is 2. The first kappa shape index (κ1) is 13.5. The van der Waals surface area contributed by atoms with Crippen LogP contribution in [0.2, 0.25) is 0 Å². The molecule has 4 rings (SSSR count). The van der Waals surface area contributed by atoms with Crippen LogP contribution in [0.3, 0.4) is 0 Å². The number of para-hydroxylation sites is 1. The molecule has 1 heterocycles. The first-order chi connectivity index (χ1) is 11.2. The maximum absolute atomic E-state index is 11.0. The lowest BCUT2D eigenvalue weighted by atomic mass is 10.2. The number of nitro benzene ring substituents is 1. The number of nitro groups is 1. The van der Waals surface area contributed by atoms with Gasteiger partial charge in [-0.2, -0.15) is 0 Å². The normalized spacial score (nSPS) is 11.1. The highest BCUT2D eigenvalue weighted by molar-refractivity contribution is 6.07. The molecular formula is C19H13N2O2. The van der Waals surface area contributed by atoms with E-state index in [0.717, 1.165) is 16.6 Å². The van der Waals surface area contributed by atoms with Crippen LogP contribution >= 0.6 is 0 Å². The van der Waals surface area contributed by atoms with E-state index < -0.39 is 0 Å². The van der Waals surface area contributed by atoms with Gasteiger partial charge in [0.25, 0.3) is 5.69 Å². The van der Waals surface area contributed by atoms with Crippen molar-refractivity contribution in [1.29, 1.82) is 0 Å². The van der Waals surface area contributed by atoms with Gasteiger partial charge in [-0.3, -0.25) is 10.1 Å². The fourth-order valence-corrected chi connectivity index (χ4v) is 3.06. The molecule has 0 bridgehead atoms. The van der Waals surface area contributed by atoms with Crippen molar-refractivity contribution in [1.82, 2.24) is 4.57 Å². The van der Waals surface area contributed by atoms with Crippen LogP contribution in [0.5, 0.6) is 0 Å². The first-order valence-corrected chi connectivity index (χ1v) is 7.34. The van der Waals surface area contributed by atoms with Gasteiger partial charge in [-0.1, -0.05) is 42.5 Å². The van der Waals surface area contributed by atoms with E-state index in [-0.39, 0.29) is 10.6 Å². The largest absolute Gasteiger partial charge is 0.336 e. The molecule has 0 aliphatic rings. The van der Waals surface area contributed by atoms with Crippen LogP contribution in [-0.2, 0) is 6.54 Å². The smallest absolute Gasteiger partial charge is 0.269 e. The van der Waals surface area contributed by atoms with E-state index in [4.69, 9.17) is 0 Å². The average Bonchev–Trinajstić information content (AvgIpc) is 2.90. The molecule has 0 aliphatic carbocycles. The summed E-state index contributed by atoms with van der Waals surface area (Å²) in [5, 5.41) is 13.3. The Morgan fingerprint density at radius 1 is 1.00 bits per heavy atom. The van der Waals surface area contributed by atoms with Crippen molar-refractivity contribution in [3.8, 4) is 0 Å². The third kappa shape index (κ3) is 2.25. The molecule has 0 fully saturated rings. The third-order valence-corrected chi connectivity index (χ3v) is 4.08. The molecule has 0 unspecified atom stereocenters. The van der Waals surface area contributed by atoms with Crippen LogP contribution in [0.1, 0.15) is 5.56 Å². The molecule has 0 N–H and O–H groups in total. The molecule has 0 saturated heterocycles. The van der Waals surface area contributed by atoms with Gasteiger partial charge >= 0.3 is 0 Å². The van der Waals surface area contributed by atoms with Gasteiger partial charge in [-0.15, -0.1) is 0 Å². The van der Waals surface area contributed by atoms with Crippen molar-refractivity contribution >= 4 is 27.5 Å². The topological polar surface area (TPSA) is 48.1 Å². The highest BCUT2D eigenvalue weighted by Gasteiger charge is 2.11. The summed E-state index contributed by atoms with van der Waals surface area (Å²) < 4.78 is 2.18. The number of rotatable bonds is 3.